The largest absolute Gasteiger partial charge is 0.481 e. The van der Waals surface area contributed by atoms with Crippen LogP contribution in [-0.4, -0.2) is 40.9 Å². The van der Waals surface area contributed by atoms with E-state index in [1.54, 1.807) is 19.9 Å². The van der Waals surface area contributed by atoms with Crippen molar-refractivity contribution in [1.29, 1.82) is 0 Å². The Labute approximate surface area is 188 Å². The summed E-state index contributed by atoms with van der Waals surface area (Å²) in [6.07, 6.45) is -0.765. The second kappa shape index (κ2) is 10.2. The van der Waals surface area contributed by atoms with Gasteiger partial charge in [0, 0.05) is 11.8 Å². The number of hydrogen-bond donors (Lipinski definition) is 1. The summed E-state index contributed by atoms with van der Waals surface area (Å²) in [4.78, 5) is 20.7. The molecule has 0 aliphatic rings. The van der Waals surface area contributed by atoms with Crippen LogP contribution < -0.4 is 9.47 Å². The Morgan fingerprint density at radius 1 is 1.06 bits per heavy atom. The summed E-state index contributed by atoms with van der Waals surface area (Å²) < 4.78 is 17.2. The Hall–Kier alpha value is -3.45. The highest BCUT2D eigenvalue weighted by Gasteiger charge is 2.44. The van der Waals surface area contributed by atoms with Gasteiger partial charge in [-0.05, 0) is 38.3 Å². The summed E-state index contributed by atoms with van der Waals surface area (Å²) in [5.41, 5.74) is 2.26. The highest BCUT2D eigenvalue weighted by atomic mass is 16.6. The van der Waals surface area contributed by atoms with Crippen LogP contribution in [0.3, 0.4) is 0 Å². The van der Waals surface area contributed by atoms with Crippen molar-refractivity contribution in [3.05, 3.63) is 83.0 Å². The zero-order valence-electron chi connectivity index (χ0n) is 18.7. The smallest absolute Gasteiger partial charge is 0.348 e. The van der Waals surface area contributed by atoms with Gasteiger partial charge < -0.3 is 19.3 Å². The number of aromatic nitrogens is 2. The lowest BCUT2D eigenvalue weighted by molar-refractivity contribution is -0.168. The van der Waals surface area contributed by atoms with Gasteiger partial charge in [-0.1, -0.05) is 60.2 Å². The summed E-state index contributed by atoms with van der Waals surface area (Å²) in [6.45, 7) is 5.80. The van der Waals surface area contributed by atoms with Gasteiger partial charge in [0.15, 0.2) is 0 Å². The molecular weight excluding hydrogens is 408 g/mol. The number of hydrogen-bond acceptors (Lipinski definition) is 6. The predicted molar refractivity (Wildman–Crippen MR) is 120 cm³/mol. The first-order valence-corrected chi connectivity index (χ1v) is 10.4. The average molecular weight is 437 g/mol. The second-order valence-electron chi connectivity index (χ2n) is 7.73. The standard InChI is InChI=1S/C25H28N2O5/c1-17-10-12-19(13-11-17)14-15-31-25(3,20-8-6-5-7-9-20)22(23(28)29)32-24-26-18(2)16-21(27-24)30-4/h5-13,16,22H,14-15H2,1-4H3,(H,28,29)/t22-,25+/m1/s1. The quantitative estimate of drug-likeness (QED) is 0.511. The van der Waals surface area contributed by atoms with E-state index in [0.717, 1.165) is 5.56 Å². The number of aliphatic carboxylic acids is 1. The van der Waals surface area contributed by atoms with E-state index in [2.05, 4.69) is 9.97 Å². The summed E-state index contributed by atoms with van der Waals surface area (Å²) in [5.74, 6) is -0.894. The number of benzene rings is 2. The molecule has 32 heavy (non-hydrogen) atoms. The second-order valence-corrected chi connectivity index (χ2v) is 7.73. The number of carbonyl (C=O) groups is 1. The molecule has 168 valence electrons. The van der Waals surface area contributed by atoms with Gasteiger partial charge in [0.25, 0.3) is 0 Å². The van der Waals surface area contributed by atoms with Gasteiger partial charge in [0.05, 0.1) is 13.7 Å². The third-order valence-electron chi connectivity index (χ3n) is 5.23. The molecule has 2 aromatic carbocycles. The van der Waals surface area contributed by atoms with Gasteiger partial charge in [-0.25, -0.2) is 9.78 Å². The van der Waals surface area contributed by atoms with Crippen LogP contribution in [0.25, 0.3) is 0 Å². The van der Waals surface area contributed by atoms with E-state index in [0.29, 0.717) is 30.2 Å². The van der Waals surface area contributed by atoms with Gasteiger partial charge in [0.1, 0.15) is 5.60 Å². The molecule has 0 fully saturated rings. The Morgan fingerprint density at radius 2 is 1.75 bits per heavy atom. The van der Waals surface area contributed by atoms with Crippen LogP contribution >= 0.6 is 0 Å². The molecule has 0 amide bonds. The Kier molecular flexibility index (Phi) is 7.43. The van der Waals surface area contributed by atoms with Crippen molar-refractivity contribution in [3.8, 4) is 11.9 Å². The number of nitrogens with zero attached hydrogens (tertiary/aromatic N) is 2. The van der Waals surface area contributed by atoms with Crippen LogP contribution in [0.15, 0.2) is 60.7 Å². The van der Waals surface area contributed by atoms with E-state index in [1.165, 1.54) is 12.7 Å². The lowest BCUT2D eigenvalue weighted by atomic mass is 9.89. The molecule has 0 unspecified atom stereocenters. The Balaban J connectivity index is 1.89. The van der Waals surface area contributed by atoms with Crippen LogP contribution in [0.5, 0.6) is 11.9 Å². The van der Waals surface area contributed by atoms with E-state index < -0.39 is 17.7 Å². The summed E-state index contributed by atoms with van der Waals surface area (Å²) in [7, 11) is 1.47. The van der Waals surface area contributed by atoms with Crippen molar-refractivity contribution in [2.75, 3.05) is 13.7 Å². The first-order valence-electron chi connectivity index (χ1n) is 10.4. The van der Waals surface area contributed by atoms with Gasteiger partial charge in [-0.15, -0.1) is 0 Å². The lowest BCUT2D eigenvalue weighted by Crippen LogP contribution is -2.49. The minimum absolute atomic E-state index is 0.0847. The van der Waals surface area contributed by atoms with E-state index in [1.807, 2.05) is 61.5 Å². The van der Waals surface area contributed by atoms with Crippen LogP contribution in [-0.2, 0) is 21.6 Å². The molecule has 0 bridgehead atoms. The third-order valence-corrected chi connectivity index (χ3v) is 5.23. The van der Waals surface area contributed by atoms with Crippen LogP contribution in [0.2, 0.25) is 0 Å². The third kappa shape index (κ3) is 5.62. The molecule has 7 nitrogen and oxygen atoms in total. The molecule has 7 heteroatoms. The van der Waals surface area contributed by atoms with Crippen molar-refractivity contribution < 1.29 is 24.1 Å². The van der Waals surface area contributed by atoms with Crippen molar-refractivity contribution in [1.82, 2.24) is 9.97 Å². The SMILES string of the molecule is COc1cc(C)nc(O[C@H](C(=O)O)[C@@](C)(OCCc2ccc(C)cc2)c2ccccc2)n1. The minimum Gasteiger partial charge on any atom is -0.481 e. The number of aryl methyl sites for hydroxylation is 2. The summed E-state index contributed by atoms with van der Waals surface area (Å²) in [6, 6.07) is 18.9. The molecule has 2 atom stereocenters. The minimum atomic E-state index is -1.39. The molecule has 1 heterocycles. The number of carboxylic acid groups (broad SMARTS) is 1. The van der Waals surface area contributed by atoms with Gasteiger partial charge in [-0.3, -0.25) is 0 Å². The normalized spacial score (nSPS) is 13.8. The fourth-order valence-corrected chi connectivity index (χ4v) is 3.39. The number of methoxy groups -OCH3 is 1. The maximum absolute atomic E-state index is 12.3. The highest BCUT2D eigenvalue weighted by Crippen LogP contribution is 2.32. The topological polar surface area (TPSA) is 90.8 Å². The first-order chi connectivity index (χ1) is 15.3. The monoisotopic (exact) mass is 436 g/mol. The number of carboxylic acids is 1. The van der Waals surface area contributed by atoms with E-state index >= 15 is 0 Å². The zero-order valence-corrected chi connectivity index (χ0v) is 18.7. The molecule has 3 aromatic rings. The maximum Gasteiger partial charge on any atom is 0.348 e. The average Bonchev–Trinajstić information content (AvgIpc) is 2.78. The number of rotatable bonds is 10. The van der Waals surface area contributed by atoms with Crippen molar-refractivity contribution in [2.45, 2.75) is 38.9 Å². The predicted octanol–water partition coefficient (Wildman–Crippen LogP) is 4.11. The molecular formula is C25H28N2O5. The molecule has 0 saturated heterocycles. The van der Waals surface area contributed by atoms with Crippen LogP contribution in [0, 0.1) is 13.8 Å². The van der Waals surface area contributed by atoms with E-state index in [9.17, 15) is 9.90 Å². The summed E-state index contributed by atoms with van der Waals surface area (Å²) >= 11 is 0. The van der Waals surface area contributed by atoms with Crippen LogP contribution in [0.4, 0.5) is 0 Å². The summed E-state index contributed by atoms with van der Waals surface area (Å²) in [5, 5.41) is 10.1. The first kappa shape index (κ1) is 23.2. The van der Waals surface area contributed by atoms with Gasteiger partial charge in [-0.2, -0.15) is 4.98 Å². The molecule has 0 aliphatic heterocycles. The lowest BCUT2D eigenvalue weighted by Gasteiger charge is -2.35. The zero-order chi connectivity index (χ0) is 23.1. The van der Waals surface area contributed by atoms with Crippen molar-refractivity contribution in [2.24, 2.45) is 0 Å². The molecule has 1 N–H and O–H groups in total. The van der Waals surface area contributed by atoms with Crippen molar-refractivity contribution in [3.63, 3.8) is 0 Å². The van der Waals surface area contributed by atoms with Crippen LogP contribution in [0.1, 0.15) is 29.3 Å². The Bertz CT molecular complexity index is 1040. The maximum atomic E-state index is 12.3. The highest BCUT2D eigenvalue weighted by molar-refractivity contribution is 5.75. The Morgan fingerprint density at radius 3 is 2.38 bits per heavy atom. The fraction of sp³-hybridized carbons (Fsp3) is 0.320. The molecule has 0 spiro atoms. The molecule has 1 aromatic heterocycles. The molecule has 0 aliphatic carbocycles. The number of ether oxygens (including phenoxy) is 3. The van der Waals surface area contributed by atoms with E-state index in [4.69, 9.17) is 14.2 Å². The van der Waals surface area contributed by atoms with Gasteiger partial charge in [0.2, 0.25) is 12.0 Å². The van der Waals surface area contributed by atoms with Crippen molar-refractivity contribution >= 4 is 5.97 Å². The molecule has 0 saturated carbocycles. The molecule has 3 rings (SSSR count). The van der Waals surface area contributed by atoms with Gasteiger partial charge >= 0.3 is 12.0 Å². The fourth-order valence-electron chi connectivity index (χ4n) is 3.39. The molecule has 0 radical (unpaired) electrons. The van der Waals surface area contributed by atoms with E-state index in [-0.39, 0.29) is 6.01 Å².